The fraction of sp³-hybridized carbons (Fsp3) is 0.0588. The molecule has 4 nitrogen and oxygen atoms in total. The molecule has 1 aliphatic rings. The molecule has 0 radical (unpaired) electrons. The molecule has 6 rings (SSSR count). The van der Waals surface area contributed by atoms with Crippen LogP contribution in [0.1, 0.15) is 22.7 Å². The van der Waals surface area contributed by atoms with E-state index < -0.39 is 19.4 Å². The summed E-state index contributed by atoms with van der Waals surface area (Å²) in [7, 11) is -3.36. The van der Waals surface area contributed by atoms with Crippen LogP contribution < -0.4 is 15.7 Å². The molecule has 0 aromatic heterocycles. The molecule has 0 heterocycles. The van der Waals surface area contributed by atoms with Crippen molar-refractivity contribution in [3.05, 3.63) is 156 Å². The van der Waals surface area contributed by atoms with Crippen molar-refractivity contribution in [3.63, 3.8) is 0 Å². The third kappa shape index (κ3) is 4.64. The van der Waals surface area contributed by atoms with Crippen LogP contribution in [0.2, 0.25) is 0 Å². The number of hydrogen-bond donors (Lipinski definition) is 1. The summed E-state index contributed by atoms with van der Waals surface area (Å²) in [5.41, 5.74) is 5.84. The number of aliphatic imine (C=N–C) groups is 1. The van der Waals surface area contributed by atoms with Gasteiger partial charge in [-0.25, -0.2) is 5.09 Å². The summed E-state index contributed by atoms with van der Waals surface area (Å²) in [5.74, 6) is 0. The molecule has 0 amide bonds. The van der Waals surface area contributed by atoms with E-state index in [4.69, 9.17) is 4.99 Å². The van der Waals surface area contributed by atoms with Crippen LogP contribution >= 0.6 is 7.29 Å². The minimum absolute atomic E-state index is 0.630. The largest absolute Gasteiger partial charge is 0.297 e. The van der Waals surface area contributed by atoms with Gasteiger partial charge in [-0.2, -0.15) is 5.26 Å². The van der Waals surface area contributed by atoms with Crippen molar-refractivity contribution < 1.29 is 4.57 Å². The quantitative estimate of drug-likeness (QED) is 0.238. The van der Waals surface area contributed by atoms with Gasteiger partial charge in [-0.1, -0.05) is 115 Å². The molecule has 0 fully saturated rings. The van der Waals surface area contributed by atoms with E-state index in [2.05, 4.69) is 23.3 Å². The van der Waals surface area contributed by atoms with Gasteiger partial charge in [-0.05, 0) is 41.0 Å². The van der Waals surface area contributed by atoms with Crippen molar-refractivity contribution in [1.29, 1.82) is 5.26 Å². The number of nitrogens with one attached hydrogen (secondary N) is 1. The summed E-state index contributed by atoms with van der Waals surface area (Å²) >= 11 is 0. The maximum Gasteiger partial charge on any atom is 0.205 e. The monoisotopic (exact) mass is 523 g/mol. The average Bonchev–Trinajstić information content (AvgIpc) is 3.33. The molecule has 39 heavy (non-hydrogen) atoms. The molecule has 0 aliphatic heterocycles. The van der Waals surface area contributed by atoms with Gasteiger partial charge in [-0.3, -0.25) is 9.56 Å². The van der Waals surface area contributed by atoms with Crippen molar-refractivity contribution in [2.75, 3.05) is 0 Å². The second-order valence-corrected chi connectivity index (χ2v) is 12.0. The van der Waals surface area contributed by atoms with Gasteiger partial charge >= 0.3 is 0 Å². The number of fused-ring (bicyclic) bond motifs is 3. The lowest BCUT2D eigenvalue weighted by Crippen LogP contribution is -2.35. The summed E-state index contributed by atoms with van der Waals surface area (Å²) in [5, 5.41) is 15.4. The number of benzene rings is 5. The van der Waals surface area contributed by atoms with E-state index in [0.29, 0.717) is 10.6 Å². The normalized spacial score (nSPS) is 13.6. The van der Waals surface area contributed by atoms with Crippen LogP contribution in [0.5, 0.6) is 0 Å². The van der Waals surface area contributed by atoms with Crippen molar-refractivity contribution in [2.45, 2.75) is 12.1 Å². The summed E-state index contributed by atoms with van der Waals surface area (Å²) in [6.07, 6.45) is 0. The Balaban J connectivity index is 1.51. The summed E-state index contributed by atoms with van der Waals surface area (Å²) in [6, 6.07) is 45.8. The molecule has 0 saturated heterocycles. The fourth-order valence-electron chi connectivity index (χ4n) is 5.21. The van der Waals surface area contributed by atoms with Gasteiger partial charge in [0.15, 0.2) is 6.04 Å². The van der Waals surface area contributed by atoms with Gasteiger partial charge < -0.3 is 0 Å². The second-order valence-electron chi connectivity index (χ2n) is 9.44. The zero-order valence-electron chi connectivity index (χ0n) is 21.2. The van der Waals surface area contributed by atoms with Crippen LogP contribution in [0.25, 0.3) is 11.1 Å². The Hall–Kier alpha value is -4.55. The van der Waals surface area contributed by atoms with Crippen molar-refractivity contribution >= 4 is 23.6 Å². The topological polar surface area (TPSA) is 65.2 Å². The lowest BCUT2D eigenvalue weighted by Gasteiger charge is -2.29. The highest BCUT2D eigenvalue weighted by molar-refractivity contribution is 7.76. The maximum atomic E-state index is 15.0. The average molecular weight is 524 g/mol. The smallest absolute Gasteiger partial charge is 0.205 e. The molecule has 5 aromatic carbocycles. The highest BCUT2D eigenvalue weighted by Gasteiger charge is 2.35. The molecular formula is C34H26N3OP. The van der Waals surface area contributed by atoms with Gasteiger partial charge in [0.2, 0.25) is 7.29 Å². The molecular weight excluding hydrogens is 497 g/mol. The molecule has 2 atom stereocenters. The Morgan fingerprint density at radius 3 is 1.46 bits per heavy atom. The first-order valence-corrected chi connectivity index (χ1v) is 14.6. The Kier molecular flexibility index (Phi) is 6.78. The van der Waals surface area contributed by atoms with E-state index in [1.807, 2.05) is 127 Å². The molecule has 1 aliphatic carbocycles. The Bertz CT molecular complexity index is 1640. The van der Waals surface area contributed by atoms with E-state index in [1.165, 1.54) is 0 Å². The fourth-order valence-corrected chi connectivity index (χ4v) is 7.67. The van der Waals surface area contributed by atoms with Gasteiger partial charge in [0.1, 0.15) is 0 Å². The Labute approximate surface area is 228 Å². The number of rotatable bonds is 7. The minimum atomic E-state index is -3.36. The Morgan fingerprint density at radius 1 is 0.590 bits per heavy atom. The molecule has 0 saturated carbocycles. The molecule has 1 N–H and O–H groups in total. The van der Waals surface area contributed by atoms with E-state index in [0.717, 1.165) is 33.5 Å². The lowest BCUT2D eigenvalue weighted by molar-refractivity contribution is 0.545. The molecule has 0 spiro atoms. The maximum absolute atomic E-state index is 15.0. The predicted octanol–water partition coefficient (Wildman–Crippen LogP) is 6.66. The standard InChI is InChI=1S/C34H26N3OP/c35-24-32(36-34-30-22-12-10-20-28(30)29-21-11-13-23-31(29)34)33(25-14-4-1-5-15-25)37-39(38,26-16-6-2-7-17-26)27-18-8-3-9-19-27/h1-23,32-33H,(H,37,38). The van der Waals surface area contributed by atoms with Crippen LogP contribution in [-0.2, 0) is 4.57 Å². The van der Waals surface area contributed by atoms with Crippen LogP contribution in [-0.4, -0.2) is 11.8 Å². The molecule has 2 unspecified atom stereocenters. The molecule has 188 valence electrons. The van der Waals surface area contributed by atoms with E-state index in [9.17, 15) is 9.83 Å². The van der Waals surface area contributed by atoms with Crippen LogP contribution in [0.3, 0.4) is 0 Å². The highest BCUT2D eigenvalue weighted by Crippen LogP contribution is 2.43. The number of hydrogen-bond acceptors (Lipinski definition) is 3. The summed E-state index contributed by atoms with van der Waals surface area (Å²) in [4.78, 5) is 5.10. The first-order chi connectivity index (χ1) is 19.2. The van der Waals surface area contributed by atoms with Crippen molar-refractivity contribution in [2.24, 2.45) is 4.99 Å². The minimum Gasteiger partial charge on any atom is -0.297 e. The first-order valence-electron chi connectivity index (χ1n) is 12.9. The van der Waals surface area contributed by atoms with Gasteiger partial charge in [0, 0.05) is 21.7 Å². The lowest BCUT2D eigenvalue weighted by atomic mass is 10.0. The van der Waals surface area contributed by atoms with Crippen molar-refractivity contribution in [1.82, 2.24) is 5.09 Å². The SMILES string of the molecule is N#CC(N=C1c2ccccc2-c2ccccc21)C(NP(=O)(c1ccccc1)c1ccccc1)c1ccccc1. The van der Waals surface area contributed by atoms with Crippen LogP contribution in [0.4, 0.5) is 0 Å². The summed E-state index contributed by atoms with van der Waals surface area (Å²) in [6.45, 7) is 0. The molecule has 0 bridgehead atoms. The van der Waals surface area contributed by atoms with Crippen LogP contribution in [0.15, 0.2) is 145 Å². The van der Waals surface area contributed by atoms with Gasteiger partial charge in [0.05, 0.1) is 17.8 Å². The number of nitrogens with zero attached hydrogens (tertiary/aromatic N) is 2. The van der Waals surface area contributed by atoms with Crippen LogP contribution in [0, 0.1) is 11.3 Å². The van der Waals surface area contributed by atoms with Gasteiger partial charge in [-0.15, -0.1) is 0 Å². The van der Waals surface area contributed by atoms with E-state index in [-0.39, 0.29) is 0 Å². The Morgan fingerprint density at radius 2 is 1.00 bits per heavy atom. The summed E-state index contributed by atoms with van der Waals surface area (Å²) < 4.78 is 15.0. The first kappa shape index (κ1) is 24.8. The third-order valence-corrected chi connectivity index (χ3v) is 9.78. The molecule has 5 aromatic rings. The zero-order valence-corrected chi connectivity index (χ0v) is 22.1. The highest BCUT2D eigenvalue weighted by atomic mass is 31.2. The van der Waals surface area contributed by atoms with Gasteiger partial charge in [0.25, 0.3) is 0 Å². The number of nitriles is 1. The molecule has 5 heteroatoms. The second kappa shape index (κ2) is 10.7. The van der Waals surface area contributed by atoms with E-state index >= 15 is 0 Å². The van der Waals surface area contributed by atoms with Crippen molar-refractivity contribution in [3.8, 4) is 17.2 Å². The zero-order chi connectivity index (χ0) is 26.7. The van der Waals surface area contributed by atoms with E-state index in [1.54, 1.807) is 0 Å². The third-order valence-electron chi connectivity index (χ3n) is 7.09. The predicted molar refractivity (Wildman–Crippen MR) is 159 cm³/mol.